The Hall–Kier alpha value is -3.29. The number of halogens is 1. The Morgan fingerprint density at radius 2 is 2.21 bits per heavy atom. The van der Waals surface area contributed by atoms with Crippen LogP contribution in [0.15, 0.2) is 36.8 Å². The van der Waals surface area contributed by atoms with Gasteiger partial charge in [-0.25, -0.2) is 13.9 Å². The van der Waals surface area contributed by atoms with Gasteiger partial charge in [-0.05, 0) is 38.0 Å². The smallest absolute Gasteiger partial charge is 0.257 e. The van der Waals surface area contributed by atoms with Crippen molar-refractivity contribution in [3.8, 4) is 0 Å². The van der Waals surface area contributed by atoms with E-state index in [0.717, 1.165) is 30.8 Å². The van der Waals surface area contributed by atoms with Crippen molar-refractivity contribution in [3.63, 3.8) is 0 Å². The van der Waals surface area contributed by atoms with Crippen molar-refractivity contribution >= 4 is 23.4 Å². The largest absolute Gasteiger partial charge is 0.349 e. The van der Waals surface area contributed by atoms with E-state index in [1.54, 1.807) is 16.8 Å². The molecular formula is C20H19FN6O. The van der Waals surface area contributed by atoms with Crippen LogP contribution in [0.5, 0.6) is 0 Å². The number of carbonyl (C=O) groups excluding carboxylic acids is 1. The molecule has 8 heteroatoms. The Morgan fingerprint density at radius 3 is 3.11 bits per heavy atom. The van der Waals surface area contributed by atoms with E-state index >= 15 is 0 Å². The molecular weight excluding hydrogens is 359 g/mol. The number of fused-ring (bicyclic) bond motifs is 5. The standard InChI is InChI=1S/C20H19FN6O/c1-12-4-5-16-14(9-13(21)10-22-16)17-3-2-7-26(17)18-6-8-27-19(25-18)15(11-23-27)20(28)24-12/h4-6,8-12,17H,2-3,7H2,1H3,(H,24,28)/b5-4+/t12-,17+/m1/s1. The summed E-state index contributed by atoms with van der Waals surface area (Å²) in [6.07, 6.45) is 10.1. The van der Waals surface area contributed by atoms with Crippen molar-refractivity contribution in [2.75, 3.05) is 11.4 Å². The third kappa shape index (κ3) is 2.72. The number of aromatic nitrogens is 4. The molecule has 5 heterocycles. The molecule has 142 valence electrons. The second-order valence-corrected chi connectivity index (χ2v) is 7.21. The molecule has 2 atom stereocenters. The summed E-state index contributed by atoms with van der Waals surface area (Å²) >= 11 is 0. The van der Waals surface area contributed by atoms with Crippen molar-refractivity contribution in [1.82, 2.24) is 24.9 Å². The monoisotopic (exact) mass is 378 g/mol. The van der Waals surface area contributed by atoms with E-state index in [-0.39, 0.29) is 23.8 Å². The molecule has 2 aliphatic rings. The number of hydrogen-bond donors (Lipinski definition) is 1. The summed E-state index contributed by atoms with van der Waals surface area (Å²) in [5, 5.41) is 7.17. The number of nitrogens with zero attached hydrogens (tertiary/aromatic N) is 5. The van der Waals surface area contributed by atoms with Gasteiger partial charge in [0, 0.05) is 24.3 Å². The van der Waals surface area contributed by atoms with Crippen LogP contribution in [0.25, 0.3) is 11.7 Å². The first-order chi connectivity index (χ1) is 13.6. The molecule has 3 aromatic heterocycles. The quantitative estimate of drug-likeness (QED) is 0.651. The predicted molar refractivity (Wildman–Crippen MR) is 102 cm³/mol. The first-order valence-electron chi connectivity index (χ1n) is 9.36. The molecule has 2 aliphatic heterocycles. The van der Waals surface area contributed by atoms with Gasteiger partial charge in [0.2, 0.25) is 0 Å². The minimum absolute atomic E-state index is 0.0242. The van der Waals surface area contributed by atoms with E-state index in [9.17, 15) is 9.18 Å². The molecule has 0 unspecified atom stereocenters. The molecule has 0 saturated carbocycles. The van der Waals surface area contributed by atoms with Crippen LogP contribution in [0, 0.1) is 5.82 Å². The normalized spacial score (nSPS) is 22.8. The van der Waals surface area contributed by atoms with Crippen molar-refractivity contribution in [2.45, 2.75) is 31.8 Å². The Bertz CT molecular complexity index is 1110. The third-order valence-electron chi connectivity index (χ3n) is 5.32. The summed E-state index contributed by atoms with van der Waals surface area (Å²) in [5.41, 5.74) is 2.48. The highest BCUT2D eigenvalue weighted by molar-refractivity contribution is 6.00. The van der Waals surface area contributed by atoms with Gasteiger partial charge in [0.05, 0.1) is 24.1 Å². The Kier molecular flexibility index (Phi) is 3.85. The molecule has 2 bridgehead atoms. The van der Waals surface area contributed by atoms with E-state index in [1.165, 1.54) is 12.4 Å². The van der Waals surface area contributed by atoms with Crippen LogP contribution in [-0.2, 0) is 0 Å². The lowest BCUT2D eigenvalue weighted by atomic mass is 10.0. The molecule has 0 aromatic carbocycles. The number of anilines is 1. The molecule has 28 heavy (non-hydrogen) atoms. The average Bonchev–Trinajstić information content (AvgIpc) is 3.32. The topological polar surface area (TPSA) is 75.4 Å². The van der Waals surface area contributed by atoms with Gasteiger partial charge in [-0.15, -0.1) is 0 Å². The zero-order valence-electron chi connectivity index (χ0n) is 15.3. The van der Waals surface area contributed by atoms with Gasteiger partial charge in [0.15, 0.2) is 5.65 Å². The first-order valence-corrected chi connectivity index (χ1v) is 9.36. The van der Waals surface area contributed by atoms with Crippen molar-refractivity contribution in [2.24, 2.45) is 0 Å². The van der Waals surface area contributed by atoms with Crippen molar-refractivity contribution in [3.05, 3.63) is 59.4 Å². The number of pyridine rings is 1. The maximum absolute atomic E-state index is 14.0. The second kappa shape index (κ2) is 6.40. The molecule has 1 N–H and O–H groups in total. The van der Waals surface area contributed by atoms with Gasteiger partial charge in [-0.1, -0.05) is 6.08 Å². The number of nitrogens with one attached hydrogen (secondary N) is 1. The summed E-state index contributed by atoms with van der Waals surface area (Å²) in [6, 6.07) is 3.18. The van der Waals surface area contributed by atoms with Crippen LogP contribution in [-0.4, -0.2) is 38.1 Å². The summed E-state index contributed by atoms with van der Waals surface area (Å²) < 4.78 is 15.6. The fraction of sp³-hybridized carbons (Fsp3) is 0.300. The average molecular weight is 378 g/mol. The number of hydrogen-bond acceptors (Lipinski definition) is 5. The molecule has 0 aliphatic carbocycles. The van der Waals surface area contributed by atoms with E-state index in [2.05, 4.69) is 20.3 Å². The molecule has 0 radical (unpaired) electrons. The van der Waals surface area contributed by atoms with Crippen LogP contribution in [0.2, 0.25) is 0 Å². The van der Waals surface area contributed by atoms with Crippen molar-refractivity contribution in [1.29, 1.82) is 0 Å². The second-order valence-electron chi connectivity index (χ2n) is 7.21. The SMILES string of the molecule is C[C@@H]1/C=C/c2ncc(F)cc2[C@@H]2CCCN2c2ccn3ncc(c3n2)C(=O)N1. The van der Waals surface area contributed by atoms with Gasteiger partial charge >= 0.3 is 0 Å². The van der Waals surface area contributed by atoms with Crippen LogP contribution in [0.3, 0.4) is 0 Å². The van der Waals surface area contributed by atoms with Crippen LogP contribution < -0.4 is 10.2 Å². The van der Waals surface area contributed by atoms with E-state index < -0.39 is 0 Å². The first kappa shape index (κ1) is 16.9. The molecule has 7 nitrogen and oxygen atoms in total. The van der Waals surface area contributed by atoms with Gasteiger partial charge in [-0.2, -0.15) is 5.10 Å². The van der Waals surface area contributed by atoms with Gasteiger partial charge < -0.3 is 10.2 Å². The maximum atomic E-state index is 14.0. The Morgan fingerprint density at radius 1 is 1.32 bits per heavy atom. The fourth-order valence-corrected chi connectivity index (χ4v) is 3.98. The van der Waals surface area contributed by atoms with Crippen LogP contribution in [0.4, 0.5) is 10.2 Å². The molecule has 1 fully saturated rings. The summed E-state index contributed by atoms with van der Waals surface area (Å²) in [6.45, 7) is 2.68. The lowest BCUT2D eigenvalue weighted by Gasteiger charge is -2.27. The number of carbonyl (C=O) groups is 1. The third-order valence-corrected chi connectivity index (χ3v) is 5.32. The summed E-state index contributed by atoms with van der Waals surface area (Å²) in [5.74, 6) is 0.156. The summed E-state index contributed by atoms with van der Waals surface area (Å²) in [7, 11) is 0. The van der Waals surface area contributed by atoms with Gasteiger partial charge in [0.1, 0.15) is 17.2 Å². The van der Waals surface area contributed by atoms with E-state index in [4.69, 9.17) is 4.98 Å². The minimum Gasteiger partial charge on any atom is -0.349 e. The van der Waals surface area contributed by atoms with Crippen LogP contribution in [0.1, 0.15) is 47.4 Å². The molecule has 3 aromatic rings. The Balaban J connectivity index is 1.73. The number of amides is 1. The molecule has 0 spiro atoms. The zero-order chi connectivity index (χ0) is 19.3. The molecule has 1 saturated heterocycles. The minimum atomic E-state index is -0.355. The highest BCUT2D eigenvalue weighted by Gasteiger charge is 2.30. The zero-order valence-corrected chi connectivity index (χ0v) is 15.3. The van der Waals surface area contributed by atoms with Gasteiger partial charge in [0.25, 0.3) is 5.91 Å². The van der Waals surface area contributed by atoms with E-state index in [1.807, 2.05) is 25.1 Å². The summed E-state index contributed by atoms with van der Waals surface area (Å²) in [4.78, 5) is 23.9. The highest BCUT2D eigenvalue weighted by atomic mass is 19.1. The lowest BCUT2D eigenvalue weighted by molar-refractivity contribution is 0.0948. The maximum Gasteiger partial charge on any atom is 0.257 e. The fourth-order valence-electron chi connectivity index (χ4n) is 3.98. The predicted octanol–water partition coefficient (Wildman–Crippen LogP) is 2.75. The Labute approximate surface area is 160 Å². The lowest BCUT2D eigenvalue weighted by Crippen LogP contribution is -2.31. The number of rotatable bonds is 0. The van der Waals surface area contributed by atoms with Crippen molar-refractivity contribution < 1.29 is 9.18 Å². The molecule has 5 rings (SSSR count). The van der Waals surface area contributed by atoms with Crippen LogP contribution >= 0.6 is 0 Å². The van der Waals surface area contributed by atoms with Gasteiger partial charge in [-0.3, -0.25) is 9.78 Å². The molecule has 1 amide bonds. The highest BCUT2D eigenvalue weighted by Crippen LogP contribution is 2.37. The van der Waals surface area contributed by atoms with E-state index in [0.29, 0.717) is 16.9 Å².